The van der Waals surface area contributed by atoms with Gasteiger partial charge in [-0.3, -0.25) is 0 Å². The first kappa shape index (κ1) is 26.4. The zero-order chi connectivity index (χ0) is 25.0. The molecule has 2 aromatic carbocycles. The molecule has 178 valence electrons. The Morgan fingerprint density at radius 1 is 0.469 bits per heavy atom. The third-order valence-corrected chi connectivity index (χ3v) is 5.13. The van der Waals surface area contributed by atoms with Gasteiger partial charge < -0.3 is 0 Å². The summed E-state index contributed by atoms with van der Waals surface area (Å²) in [5.74, 6) is -28.6. The molecule has 0 fully saturated rings. The van der Waals surface area contributed by atoms with Crippen molar-refractivity contribution >= 4 is 23.2 Å². The van der Waals surface area contributed by atoms with E-state index in [1.54, 1.807) is 0 Å². The number of rotatable bonds is 6. The lowest BCUT2D eigenvalue weighted by atomic mass is 9.76. The van der Waals surface area contributed by atoms with Crippen molar-refractivity contribution in [2.75, 3.05) is 0 Å². The first-order valence-corrected chi connectivity index (χ1v) is 8.81. The van der Waals surface area contributed by atoms with Crippen LogP contribution in [0.1, 0.15) is 11.1 Å². The highest BCUT2D eigenvalue weighted by molar-refractivity contribution is 6.32. The van der Waals surface area contributed by atoms with Crippen LogP contribution >= 0.6 is 23.2 Å². The summed E-state index contributed by atoms with van der Waals surface area (Å²) in [6.45, 7) is 0. The van der Waals surface area contributed by atoms with Gasteiger partial charge in [0.15, 0.2) is 0 Å². The molecular weight excluding hydrogens is 515 g/mol. The maximum Gasteiger partial charge on any atom is 0.460 e. The van der Waals surface area contributed by atoms with Crippen LogP contribution in [-0.4, -0.2) is 23.9 Å². The molecule has 0 aromatic heterocycles. The Balaban J connectivity index is 2.99. The monoisotopic (exact) mass is 522 g/mol. The summed E-state index contributed by atoms with van der Waals surface area (Å²) in [7, 11) is 0. The van der Waals surface area contributed by atoms with E-state index in [9.17, 15) is 39.5 Å². The van der Waals surface area contributed by atoms with E-state index < -0.39 is 56.7 Å². The third kappa shape index (κ3) is 3.49. The molecule has 0 radical (unpaired) electrons. The Hall–Kier alpha value is -1.82. The molecule has 0 amide bonds. The molecule has 0 nitrogen and oxygen atoms in total. The molecule has 0 aliphatic rings. The van der Waals surface area contributed by atoms with Crippen molar-refractivity contribution in [1.29, 1.82) is 0 Å². The smallest absolute Gasteiger partial charge is 0.224 e. The average Bonchev–Trinajstić information content (AvgIpc) is 2.66. The summed E-state index contributed by atoms with van der Waals surface area (Å²) in [4.78, 5) is 0. The van der Waals surface area contributed by atoms with E-state index in [1.165, 1.54) is 0 Å². The second-order valence-corrected chi connectivity index (χ2v) is 7.23. The second-order valence-electron chi connectivity index (χ2n) is 6.41. The fourth-order valence-corrected chi connectivity index (χ4v) is 3.29. The SMILES string of the molecule is FC(F)(F)C(F)(F)C(F)(F)C(F)(F)C(F)(c1ccccc1Cl)C(F)(F)c1ccccc1Cl. The van der Waals surface area contributed by atoms with Gasteiger partial charge in [0, 0.05) is 21.2 Å². The fourth-order valence-electron chi connectivity index (χ4n) is 2.77. The number of hydrogen-bond acceptors (Lipinski definition) is 0. The Kier molecular flexibility index (Phi) is 6.52. The van der Waals surface area contributed by atoms with Crippen LogP contribution in [0.4, 0.5) is 52.7 Å². The van der Waals surface area contributed by atoms with Crippen LogP contribution in [0.2, 0.25) is 10.0 Å². The van der Waals surface area contributed by atoms with Crippen LogP contribution in [0, 0.1) is 0 Å². The first-order chi connectivity index (χ1) is 14.3. The molecule has 1 unspecified atom stereocenters. The highest BCUT2D eigenvalue weighted by Gasteiger charge is 2.90. The van der Waals surface area contributed by atoms with Crippen LogP contribution in [0.5, 0.6) is 0 Å². The summed E-state index contributed by atoms with van der Waals surface area (Å²) in [6, 6.07) is 4.30. The van der Waals surface area contributed by atoms with Crippen molar-refractivity contribution in [3.8, 4) is 0 Å². The predicted molar refractivity (Wildman–Crippen MR) is 90.5 cm³/mol. The zero-order valence-electron chi connectivity index (χ0n) is 14.9. The third-order valence-electron chi connectivity index (χ3n) is 4.47. The number of halogens is 14. The molecule has 0 saturated carbocycles. The van der Waals surface area contributed by atoms with Crippen LogP contribution in [0.15, 0.2) is 48.5 Å². The molecule has 32 heavy (non-hydrogen) atoms. The van der Waals surface area contributed by atoms with Gasteiger partial charge in [0.25, 0.3) is 5.67 Å². The lowest BCUT2D eigenvalue weighted by Crippen LogP contribution is -2.69. The number of hydrogen-bond donors (Lipinski definition) is 0. The molecule has 2 aromatic rings. The summed E-state index contributed by atoms with van der Waals surface area (Å²) in [5, 5.41) is -2.55. The Morgan fingerprint density at radius 3 is 1.22 bits per heavy atom. The van der Waals surface area contributed by atoms with Crippen LogP contribution in [0.25, 0.3) is 0 Å². The van der Waals surface area contributed by atoms with Crippen molar-refractivity contribution < 1.29 is 52.7 Å². The Morgan fingerprint density at radius 2 is 0.844 bits per heavy atom. The van der Waals surface area contributed by atoms with E-state index in [4.69, 9.17) is 23.2 Å². The first-order valence-electron chi connectivity index (χ1n) is 8.05. The van der Waals surface area contributed by atoms with E-state index in [-0.39, 0.29) is 12.1 Å². The van der Waals surface area contributed by atoms with E-state index >= 15 is 13.2 Å². The van der Waals surface area contributed by atoms with Gasteiger partial charge in [-0.15, -0.1) is 0 Å². The van der Waals surface area contributed by atoms with Gasteiger partial charge in [0.05, 0.1) is 0 Å². The highest BCUT2D eigenvalue weighted by atomic mass is 35.5. The summed E-state index contributed by atoms with van der Waals surface area (Å²) < 4.78 is 168. The molecule has 2 rings (SSSR count). The second kappa shape index (κ2) is 7.89. The minimum atomic E-state index is -7.71. The molecule has 0 bridgehead atoms. The van der Waals surface area contributed by atoms with Gasteiger partial charge in [0.1, 0.15) is 0 Å². The molecule has 0 heterocycles. The summed E-state index contributed by atoms with van der Waals surface area (Å²) in [5.41, 5.74) is -10.3. The summed E-state index contributed by atoms with van der Waals surface area (Å²) >= 11 is 10.8. The zero-order valence-corrected chi connectivity index (χ0v) is 16.4. The van der Waals surface area contributed by atoms with Gasteiger partial charge >= 0.3 is 29.9 Å². The van der Waals surface area contributed by atoms with Crippen LogP contribution in [0.3, 0.4) is 0 Å². The number of benzene rings is 2. The quantitative estimate of drug-likeness (QED) is 0.334. The molecule has 0 aliphatic carbocycles. The fraction of sp³-hybridized carbons (Fsp3) is 0.333. The largest absolute Gasteiger partial charge is 0.460 e. The standard InChI is InChI=1S/C18H8Cl2F12/c19-11-7-3-1-5-9(11)13(21,14(22,23)10-6-2-4-8-12(10)20)15(24,25)16(26,27)17(28,29)18(30,31)32/h1-8H. The topological polar surface area (TPSA) is 0 Å². The average molecular weight is 523 g/mol. The molecule has 0 spiro atoms. The molecule has 14 heteroatoms. The maximum absolute atomic E-state index is 15.8. The van der Waals surface area contributed by atoms with Crippen molar-refractivity contribution in [2.24, 2.45) is 0 Å². The van der Waals surface area contributed by atoms with Gasteiger partial charge in [0.2, 0.25) is 0 Å². The van der Waals surface area contributed by atoms with Crippen LogP contribution < -0.4 is 0 Å². The predicted octanol–water partition coefficient (Wildman–Crippen LogP) is 8.42. The Labute approximate surface area is 181 Å². The van der Waals surface area contributed by atoms with Crippen molar-refractivity contribution in [2.45, 2.75) is 35.5 Å². The van der Waals surface area contributed by atoms with Crippen LogP contribution in [-0.2, 0) is 11.6 Å². The van der Waals surface area contributed by atoms with E-state index in [1.807, 2.05) is 0 Å². The minimum Gasteiger partial charge on any atom is -0.224 e. The van der Waals surface area contributed by atoms with Crippen molar-refractivity contribution in [3.63, 3.8) is 0 Å². The van der Waals surface area contributed by atoms with Gasteiger partial charge in [-0.05, 0) is 12.1 Å². The van der Waals surface area contributed by atoms with Crippen molar-refractivity contribution in [3.05, 3.63) is 69.7 Å². The number of alkyl halides is 12. The van der Waals surface area contributed by atoms with Gasteiger partial charge in [-0.1, -0.05) is 59.6 Å². The summed E-state index contributed by atoms with van der Waals surface area (Å²) in [6.07, 6.45) is -7.36. The molecule has 0 N–H and O–H groups in total. The lowest BCUT2D eigenvalue weighted by Gasteiger charge is -2.44. The van der Waals surface area contributed by atoms with E-state index in [0.717, 1.165) is 12.1 Å². The van der Waals surface area contributed by atoms with Crippen molar-refractivity contribution in [1.82, 2.24) is 0 Å². The maximum atomic E-state index is 15.8. The lowest BCUT2D eigenvalue weighted by molar-refractivity contribution is -0.427. The molecule has 1 atom stereocenters. The normalized spacial score (nSPS) is 16.1. The highest BCUT2D eigenvalue weighted by Crippen LogP contribution is 2.66. The minimum absolute atomic E-state index is 0.0167. The van der Waals surface area contributed by atoms with E-state index in [2.05, 4.69) is 0 Å². The van der Waals surface area contributed by atoms with E-state index in [0.29, 0.717) is 24.3 Å². The molecular formula is C18H8Cl2F12. The Bertz CT molecular complexity index is 986. The molecule has 0 saturated heterocycles. The van der Waals surface area contributed by atoms with Gasteiger partial charge in [-0.2, -0.15) is 48.3 Å². The van der Waals surface area contributed by atoms with Gasteiger partial charge in [-0.25, -0.2) is 4.39 Å². The molecule has 0 aliphatic heterocycles.